The van der Waals surface area contributed by atoms with Crippen LogP contribution in [0.15, 0.2) is 53.4 Å². The highest BCUT2D eigenvalue weighted by Crippen LogP contribution is 2.33. The molecule has 2 aromatic rings. The molecule has 0 unspecified atom stereocenters. The molecule has 0 radical (unpaired) electrons. The molecule has 0 atom stereocenters. The fourth-order valence-electron chi connectivity index (χ4n) is 2.71. The number of nitrogens with zero attached hydrogens (tertiary/aromatic N) is 1. The number of thiocarbonyl (C=S) groups is 1. The summed E-state index contributed by atoms with van der Waals surface area (Å²) in [6.45, 7) is 0.383. The van der Waals surface area contributed by atoms with Crippen molar-refractivity contribution in [3.05, 3.63) is 59.0 Å². The molecule has 1 fully saturated rings. The van der Waals surface area contributed by atoms with Gasteiger partial charge in [0.05, 0.1) is 12.0 Å². The molecule has 0 aromatic heterocycles. The minimum Gasteiger partial charge on any atom is -0.508 e. The third-order valence-corrected chi connectivity index (χ3v) is 5.72. The number of thioether (sulfide) groups is 1. The zero-order valence-corrected chi connectivity index (χ0v) is 17.4. The SMILES string of the molecule is COc1ccc(/C=C2/SC(=O)N(CCCC(=O)Nc3ccc(O)cc3)C2=S)cc1. The number of carbonyl (C=O) groups excluding carboxylic acids is 2. The Morgan fingerprint density at radius 3 is 2.55 bits per heavy atom. The molecule has 1 heterocycles. The first-order chi connectivity index (χ1) is 14.0. The van der Waals surface area contributed by atoms with E-state index in [1.807, 2.05) is 30.3 Å². The Morgan fingerprint density at radius 2 is 1.90 bits per heavy atom. The van der Waals surface area contributed by atoms with Crippen LogP contribution in [0.3, 0.4) is 0 Å². The van der Waals surface area contributed by atoms with Gasteiger partial charge >= 0.3 is 0 Å². The predicted molar refractivity (Wildman–Crippen MR) is 119 cm³/mol. The van der Waals surface area contributed by atoms with Crippen molar-refractivity contribution in [1.29, 1.82) is 0 Å². The molecule has 1 saturated heterocycles. The zero-order valence-electron chi connectivity index (χ0n) is 15.8. The molecule has 1 aliphatic rings. The number of phenols is 1. The molecule has 2 aromatic carbocycles. The van der Waals surface area contributed by atoms with Crippen molar-refractivity contribution in [2.45, 2.75) is 12.8 Å². The molecule has 2 amide bonds. The van der Waals surface area contributed by atoms with Crippen molar-refractivity contribution in [3.63, 3.8) is 0 Å². The molecule has 8 heteroatoms. The smallest absolute Gasteiger partial charge is 0.291 e. The van der Waals surface area contributed by atoms with Crippen LogP contribution in [0.4, 0.5) is 10.5 Å². The largest absolute Gasteiger partial charge is 0.508 e. The molecule has 0 spiro atoms. The molecular weight excluding hydrogens is 408 g/mol. The summed E-state index contributed by atoms with van der Waals surface area (Å²) in [6.07, 6.45) is 2.63. The first kappa shape index (κ1) is 20.9. The Balaban J connectivity index is 1.52. The molecule has 1 aliphatic heterocycles. The second-order valence-electron chi connectivity index (χ2n) is 6.31. The van der Waals surface area contributed by atoms with Gasteiger partial charge in [-0.25, -0.2) is 0 Å². The Kier molecular flexibility index (Phi) is 6.90. The van der Waals surface area contributed by atoms with Crippen LogP contribution in [0.2, 0.25) is 0 Å². The number of amides is 2. The van der Waals surface area contributed by atoms with Gasteiger partial charge in [0.25, 0.3) is 5.24 Å². The number of nitrogens with one attached hydrogen (secondary N) is 1. The third kappa shape index (κ3) is 5.58. The number of phenolic OH excluding ortho intramolecular Hbond substituents is 1. The molecule has 29 heavy (non-hydrogen) atoms. The van der Waals surface area contributed by atoms with Gasteiger partial charge in [-0.2, -0.15) is 0 Å². The van der Waals surface area contributed by atoms with Gasteiger partial charge in [0.15, 0.2) is 0 Å². The molecular formula is C21H20N2O4S2. The predicted octanol–water partition coefficient (Wildman–Crippen LogP) is 4.66. The number of anilines is 1. The summed E-state index contributed by atoms with van der Waals surface area (Å²) >= 11 is 6.55. The van der Waals surface area contributed by atoms with Crippen molar-refractivity contribution < 1.29 is 19.4 Å². The summed E-state index contributed by atoms with van der Waals surface area (Å²) in [5.41, 5.74) is 1.54. The minimum atomic E-state index is -0.157. The lowest BCUT2D eigenvalue weighted by molar-refractivity contribution is -0.116. The Morgan fingerprint density at radius 1 is 1.21 bits per heavy atom. The lowest BCUT2D eigenvalue weighted by Gasteiger charge is -2.14. The van der Waals surface area contributed by atoms with Gasteiger partial charge in [0.1, 0.15) is 16.5 Å². The summed E-state index contributed by atoms with van der Waals surface area (Å²) in [7, 11) is 1.61. The lowest BCUT2D eigenvalue weighted by Crippen LogP contribution is -2.28. The molecule has 0 bridgehead atoms. The Bertz CT molecular complexity index is 940. The van der Waals surface area contributed by atoms with Crippen molar-refractivity contribution in [2.24, 2.45) is 0 Å². The number of ether oxygens (including phenoxy) is 1. The van der Waals surface area contributed by atoms with E-state index in [1.165, 1.54) is 17.0 Å². The number of carbonyl (C=O) groups is 2. The van der Waals surface area contributed by atoms with Gasteiger partial charge in [-0.15, -0.1) is 0 Å². The summed E-state index contributed by atoms with van der Waals surface area (Å²) in [5, 5.41) is 11.9. The summed E-state index contributed by atoms with van der Waals surface area (Å²) in [4.78, 5) is 27.1. The lowest BCUT2D eigenvalue weighted by atomic mass is 10.2. The fraction of sp³-hybridized carbons (Fsp3) is 0.190. The van der Waals surface area contributed by atoms with Crippen LogP contribution < -0.4 is 10.1 Å². The van der Waals surface area contributed by atoms with E-state index in [2.05, 4.69) is 5.32 Å². The van der Waals surface area contributed by atoms with Crippen molar-refractivity contribution in [3.8, 4) is 11.5 Å². The summed E-state index contributed by atoms with van der Waals surface area (Å²) < 4.78 is 5.14. The maximum absolute atomic E-state index is 12.3. The molecule has 3 rings (SSSR count). The van der Waals surface area contributed by atoms with Crippen LogP contribution in [0, 0.1) is 0 Å². The molecule has 0 aliphatic carbocycles. The van der Waals surface area contributed by atoms with E-state index in [4.69, 9.17) is 17.0 Å². The van der Waals surface area contributed by atoms with Gasteiger partial charge in [-0.1, -0.05) is 24.4 Å². The Hall–Kier alpha value is -2.84. The highest BCUT2D eigenvalue weighted by Gasteiger charge is 2.31. The monoisotopic (exact) mass is 428 g/mol. The van der Waals surface area contributed by atoms with E-state index in [-0.39, 0.29) is 23.3 Å². The first-order valence-electron chi connectivity index (χ1n) is 8.94. The van der Waals surface area contributed by atoms with Crippen molar-refractivity contribution in [1.82, 2.24) is 4.90 Å². The van der Waals surface area contributed by atoms with E-state index in [1.54, 1.807) is 19.2 Å². The minimum absolute atomic E-state index is 0.131. The van der Waals surface area contributed by atoms with E-state index in [9.17, 15) is 14.7 Å². The van der Waals surface area contributed by atoms with Crippen LogP contribution in [-0.2, 0) is 4.79 Å². The number of benzene rings is 2. The highest BCUT2D eigenvalue weighted by molar-refractivity contribution is 8.19. The van der Waals surface area contributed by atoms with Crippen LogP contribution in [0.25, 0.3) is 6.08 Å². The van der Waals surface area contributed by atoms with Crippen molar-refractivity contribution in [2.75, 3.05) is 19.0 Å². The van der Waals surface area contributed by atoms with Crippen LogP contribution in [0.1, 0.15) is 18.4 Å². The van der Waals surface area contributed by atoms with Gasteiger partial charge in [0.2, 0.25) is 5.91 Å². The van der Waals surface area contributed by atoms with Crippen molar-refractivity contribution >= 4 is 51.9 Å². The maximum atomic E-state index is 12.3. The third-order valence-electron chi connectivity index (χ3n) is 4.22. The quantitative estimate of drug-likeness (QED) is 0.379. The summed E-state index contributed by atoms with van der Waals surface area (Å²) in [5.74, 6) is 0.743. The average Bonchev–Trinajstić information content (AvgIpc) is 2.97. The summed E-state index contributed by atoms with van der Waals surface area (Å²) in [6, 6.07) is 13.8. The average molecular weight is 429 g/mol. The van der Waals surface area contributed by atoms with Crippen LogP contribution in [0.5, 0.6) is 11.5 Å². The highest BCUT2D eigenvalue weighted by atomic mass is 32.2. The number of rotatable bonds is 7. The molecule has 150 valence electrons. The maximum Gasteiger partial charge on any atom is 0.291 e. The molecule has 2 N–H and O–H groups in total. The topological polar surface area (TPSA) is 78.9 Å². The molecule has 6 nitrogen and oxygen atoms in total. The Labute approximate surface area is 178 Å². The molecule has 0 saturated carbocycles. The zero-order chi connectivity index (χ0) is 20.8. The normalized spacial score (nSPS) is 15.1. The van der Waals surface area contributed by atoms with Gasteiger partial charge in [-0.3, -0.25) is 14.5 Å². The number of hydrogen-bond donors (Lipinski definition) is 2. The number of hydrogen-bond acceptors (Lipinski definition) is 6. The van der Waals surface area contributed by atoms with Gasteiger partial charge < -0.3 is 15.2 Å². The van der Waals surface area contributed by atoms with E-state index >= 15 is 0 Å². The number of methoxy groups -OCH3 is 1. The van der Waals surface area contributed by atoms with Gasteiger partial charge in [0, 0.05) is 18.7 Å². The van der Waals surface area contributed by atoms with E-state index in [0.29, 0.717) is 23.6 Å². The van der Waals surface area contributed by atoms with Crippen LogP contribution >= 0.6 is 24.0 Å². The first-order valence-corrected chi connectivity index (χ1v) is 10.2. The second-order valence-corrected chi connectivity index (χ2v) is 7.69. The van der Waals surface area contributed by atoms with Gasteiger partial charge in [-0.05, 0) is 66.2 Å². The standard InChI is InChI=1S/C21H20N2O4S2/c1-27-17-10-4-14(5-11-17)13-18-20(28)23(21(26)29-18)12-2-3-19(25)22-15-6-8-16(24)9-7-15/h4-11,13,24H,2-3,12H2,1H3,(H,22,25)/b18-13+. The second kappa shape index (κ2) is 9.58. The van der Waals surface area contributed by atoms with E-state index in [0.717, 1.165) is 28.0 Å². The van der Waals surface area contributed by atoms with E-state index < -0.39 is 0 Å². The van der Waals surface area contributed by atoms with Crippen LogP contribution in [-0.4, -0.2) is 39.8 Å². The number of aromatic hydroxyl groups is 1. The fourth-order valence-corrected chi connectivity index (χ4v) is 4.00.